The predicted octanol–water partition coefficient (Wildman–Crippen LogP) is 2.25. The molecule has 1 spiro atoms. The molecule has 1 aromatic carbocycles. The van der Waals surface area contributed by atoms with E-state index in [1.165, 1.54) is 0 Å². The third-order valence-corrected chi connectivity index (χ3v) is 7.77. The Bertz CT molecular complexity index is 1280. The van der Waals surface area contributed by atoms with Crippen LogP contribution in [-0.2, 0) is 20.7 Å². The van der Waals surface area contributed by atoms with Crippen LogP contribution in [0.2, 0.25) is 0 Å². The molecule has 0 unspecified atom stereocenters. The largest absolute Gasteiger partial charge is 0.372 e. The molecule has 0 aliphatic carbocycles. The number of nitrogens with zero attached hydrogens (tertiary/aromatic N) is 3. The number of morpholine rings is 1. The number of anilines is 1. The number of urea groups is 1. The second-order valence-electron chi connectivity index (χ2n) is 8.82. The van der Waals surface area contributed by atoms with Gasteiger partial charge in [-0.2, -0.15) is 0 Å². The van der Waals surface area contributed by atoms with Crippen LogP contribution in [0.15, 0.2) is 36.5 Å². The molecule has 3 aromatic rings. The molecule has 5 heterocycles. The Labute approximate surface area is 193 Å². The molecule has 0 radical (unpaired) electrons. The average Bonchev–Trinajstić information content (AvgIpc) is 3.21. The van der Waals surface area contributed by atoms with Crippen molar-refractivity contribution in [2.45, 2.75) is 38.5 Å². The minimum absolute atomic E-state index is 0.0977. The van der Waals surface area contributed by atoms with E-state index in [4.69, 9.17) is 14.7 Å². The van der Waals surface area contributed by atoms with Gasteiger partial charge in [-0.15, -0.1) is 11.3 Å². The van der Waals surface area contributed by atoms with Gasteiger partial charge in [0.1, 0.15) is 5.01 Å². The summed E-state index contributed by atoms with van der Waals surface area (Å²) in [6.07, 6.45) is 1.43. The summed E-state index contributed by atoms with van der Waals surface area (Å²) in [5.74, 6) is -1.19. The molecule has 33 heavy (non-hydrogen) atoms. The summed E-state index contributed by atoms with van der Waals surface area (Å²) in [5, 5.41) is 5.39. The molecule has 3 aliphatic rings. The van der Waals surface area contributed by atoms with Crippen molar-refractivity contribution in [2.24, 2.45) is 5.41 Å². The second-order valence-corrected chi connectivity index (χ2v) is 9.85. The molecule has 3 aliphatic heterocycles. The number of ether oxygens (including phenoxy) is 1. The van der Waals surface area contributed by atoms with Crippen molar-refractivity contribution in [3.63, 3.8) is 0 Å². The Morgan fingerprint density at radius 3 is 2.67 bits per heavy atom. The van der Waals surface area contributed by atoms with Gasteiger partial charge in [-0.25, -0.2) is 9.78 Å². The number of imide groups is 2. The standard InChI is InChI=1S/C23H21N5O4S/c1-11-10-28-16-9-24-15(19-25-14-5-3-4-6-17(14)33-19)7-13(16)8-23(18(28)12(2)32-11)20(29)26-22(31)27-21(23)30/h3-7,9,11-12,18H,8,10H2,1-2H3,(H2,26,27,29,30,31)/t11-,12+,18-/m1/s1. The Morgan fingerprint density at radius 1 is 1.15 bits per heavy atom. The third kappa shape index (κ3) is 2.90. The van der Waals surface area contributed by atoms with E-state index in [1.54, 1.807) is 17.5 Å². The minimum atomic E-state index is -1.49. The van der Waals surface area contributed by atoms with E-state index in [0.29, 0.717) is 12.2 Å². The van der Waals surface area contributed by atoms with E-state index in [1.807, 2.05) is 49.1 Å². The highest BCUT2D eigenvalue weighted by Crippen LogP contribution is 2.47. The number of amides is 4. The summed E-state index contributed by atoms with van der Waals surface area (Å²) >= 11 is 1.54. The molecule has 2 fully saturated rings. The third-order valence-electron chi connectivity index (χ3n) is 6.71. The molecular formula is C23H21N5O4S. The lowest BCUT2D eigenvalue weighted by molar-refractivity contribution is -0.153. The SMILES string of the molecule is C[C@@H]1CN2c3cnc(-c4nc5ccccc5s4)cc3CC3(C(=O)NC(=O)NC3=O)[C@H]2[C@H](C)O1. The van der Waals surface area contributed by atoms with Gasteiger partial charge in [0.15, 0.2) is 5.41 Å². The van der Waals surface area contributed by atoms with Crippen molar-refractivity contribution in [3.05, 3.63) is 42.1 Å². The summed E-state index contributed by atoms with van der Waals surface area (Å²) in [6, 6.07) is 8.43. The number of aromatic nitrogens is 2. The maximum Gasteiger partial charge on any atom is 0.328 e. The number of hydrogen-bond acceptors (Lipinski definition) is 8. The van der Waals surface area contributed by atoms with Gasteiger partial charge in [0.2, 0.25) is 11.8 Å². The summed E-state index contributed by atoms with van der Waals surface area (Å²) in [6.45, 7) is 4.32. The Kier molecular flexibility index (Phi) is 4.33. The van der Waals surface area contributed by atoms with Gasteiger partial charge >= 0.3 is 6.03 Å². The van der Waals surface area contributed by atoms with Crippen LogP contribution in [0.25, 0.3) is 20.9 Å². The van der Waals surface area contributed by atoms with Gasteiger partial charge in [-0.05, 0) is 37.6 Å². The number of pyridine rings is 1. The van der Waals surface area contributed by atoms with Crippen LogP contribution in [-0.4, -0.2) is 52.6 Å². The molecule has 0 saturated carbocycles. The van der Waals surface area contributed by atoms with Crippen molar-refractivity contribution in [3.8, 4) is 10.7 Å². The van der Waals surface area contributed by atoms with Gasteiger partial charge in [-0.3, -0.25) is 25.2 Å². The zero-order chi connectivity index (χ0) is 22.9. The number of para-hydroxylation sites is 1. The van der Waals surface area contributed by atoms with Crippen molar-refractivity contribution in [2.75, 3.05) is 11.4 Å². The van der Waals surface area contributed by atoms with Crippen molar-refractivity contribution >= 4 is 45.1 Å². The summed E-state index contributed by atoms with van der Waals surface area (Å²) in [5.41, 5.74) is 1.78. The summed E-state index contributed by atoms with van der Waals surface area (Å²) < 4.78 is 7.09. The van der Waals surface area contributed by atoms with E-state index >= 15 is 0 Å². The molecular weight excluding hydrogens is 442 g/mol. The quantitative estimate of drug-likeness (QED) is 0.532. The van der Waals surface area contributed by atoms with E-state index in [0.717, 1.165) is 26.5 Å². The van der Waals surface area contributed by atoms with Gasteiger partial charge < -0.3 is 9.64 Å². The van der Waals surface area contributed by atoms with E-state index < -0.39 is 35.4 Å². The number of rotatable bonds is 1. The normalized spacial score (nSPS) is 26.1. The zero-order valence-corrected chi connectivity index (χ0v) is 18.8. The summed E-state index contributed by atoms with van der Waals surface area (Å²) in [4.78, 5) is 49.8. The van der Waals surface area contributed by atoms with Gasteiger partial charge in [0.05, 0.1) is 46.0 Å². The van der Waals surface area contributed by atoms with Crippen molar-refractivity contribution < 1.29 is 19.1 Å². The van der Waals surface area contributed by atoms with E-state index in [2.05, 4.69) is 10.6 Å². The van der Waals surface area contributed by atoms with Gasteiger partial charge in [-0.1, -0.05) is 12.1 Å². The lowest BCUT2D eigenvalue weighted by atomic mass is 9.67. The Morgan fingerprint density at radius 2 is 1.91 bits per heavy atom. The van der Waals surface area contributed by atoms with E-state index in [-0.39, 0.29) is 12.5 Å². The Balaban J connectivity index is 1.51. The number of hydrogen-bond donors (Lipinski definition) is 2. The van der Waals surface area contributed by atoms with Crippen LogP contribution < -0.4 is 15.5 Å². The number of fused-ring (bicyclic) bond motifs is 5. The van der Waals surface area contributed by atoms with Crippen LogP contribution >= 0.6 is 11.3 Å². The predicted molar refractivity (Wildman–Crippen MR) is 122 cm³/mol. The zero-order valence-electron chi connectivity index (χ0n) is 18.0. The fraction of sp³-hybridized carbons (Fsp3) is 0.348. The fourth-order valence-corrected chi connectivity index (χ4v) is 6.36. The second kappa shape index (κ2) is 7.06. The number of thiazole rings is 1. The highest BCUT2D eigenvalue weighted by molar-refractivity contribution is 7.21. The van der Waals surface area contributed by atoms with Crippen molar-refractivity contribution in [1.82, 2.24) is 20.6 Å². The van der Waals surface area contributed by atoms with Crippen LogP contribution in [0.4, 0.5) is 10.5 Å². The Hall–Kier alpha value is -3.37. The number of barbiturate groups is 1. The first-order valence-electron chi connectivity index (χ1n) is 10.8. The molecule has 168 valence electrons. The number of benzene rings is 1. The van der Waals surface area contributed by atoms with Crippen LogP contribution in [0.1, 0.15) is 19.4 Å². The molecule has 6 rings (SSSR count). The highest BCUT2D eigenvalue weighted by Gasteiger charge is 2.62. The molecule has 0 bridgehead atoms. The van der Waals surface area contributed by atoms with Gasteiger partial charge in [0.25, 0.3) is 0 Å². The molecule has 10 heteroatoms. The maximum absolute atomic E-state index is 13.3. The minimum Gasteiger partial charge on any atom is -0.372 e. The van der Waals surface area contributed by atoms with Crippen molar-refractivity contribution in [1.29, 1.82) is 0 Å². The molecule has 4 amide bonds. The van der Waals surface area contributed by atoms with Crippen LogP contribution in [0, 0.1) is 5.41 Å². The smallest absolute Gasteiger partial charge is 0.328 e. The molecule has 9 nitrogen and oxygen atoms in total. The first kappa shape index (κ1) is 20.3. The topological polar surface area (TPSA) is 114 Å². The monoisotopic (exact) mass is 463 g/mol. The molecule has 2 N–H and O–H groups in total. The maximum atomic E-state index is 13.3. The lowest BCUT2D eigenvalue weighted by Gasteiger charge is -2.55. The highest BCUT2D eigenvalue weighted by atomic mass is 32.1. The molecule has 2 saturated heterocycles. The number of nitrogens with one attached hydrogen (secondary N) is 2. The van der Waals surface area contributed by atoms with E-state index in [9.17, 15) is 14.4 Å². The molecule has 2 aromatic heterocycles. The van der Waals surface area contributed by atoms with Gasteiger partial charge in [0, 0.05) is 13.0 Å². The molecule has 3 atom stereocenters. The fourth-order valence-electron chi connectivity index (χ4n) is 5.43. The first-order chi connectivity index (χ1) is 15.9. The van der Waals surface area contributed by atoms with Crippen LogP contribution in [0.3, 0.4) is 0 Å². The van der Waals surface area contributed by atoms with Crippen LogP contribution in [0.5, 0.6) is 0 Å². The lowest BCUT2D eigenvalue weighted by Crippen LogP contribution is -2.75. The number of carbonyl (C=O) groups is 3. The number of carbonyl (C=O) groups excluding carboxylic acids is 3. The summed E-state index contributed by atoms with van der Waals surface area (Å²) in [7, 11) is 0. The average molecular weight is 464 g/mol. The first-order valence-corrected chi connectivity index (χ1v) is 11.6.